The van der Waals surface area contributed by atoms with Gasteiger partial charge in [-0.2, -0.15) is 0 Å². The van der Waals surface area contributed by atoms with Crippen LogP contribution in [0.4, 0.5) is 0 Å². The molecule has 0 aromatic rings. The topological polar surface area (TPSA) is 0 Å². The lowest BCUT2D eigenvalue weighted by atomic mass is 9.54. The molecule has 0 heteroatoms. The average molecular weight is 208 g/mol. The van der Waals surface area contributed by atoms with Crippen molar-refractivity contribution in [3.63, 3.8) is 0 Å². The highest BCUT2D eigenvalue weighted by Gasteiger charge is 2.44. The Balaban J connectivity index is 2.12. The van der Waals surface area contributed by atoms with Crippen LogP contribution in [0, 0.1) is 22.7 Å². The molecule has 15 heavy (non-hydrogen) atoms. The fourth-order valence-corrected chi connectivity index (χ4v) is 5.03. The van der Waals surface area contributed by atoms with E-state index >= 15 is 0 Å². The summed E-state index contributed by atoms with van der Waals surface area (Å²) >= 11 is 0. The molecule has 3 atom stereocenters. The molecule has 2 saturated carbocycles. The quantitative estimate of drug-likeness (QED) is 0.524. The molecular weight excluding hydrogens is 180 g/mol. The summed E-state index contributed by atoms with van der Waals surface area (Å²) in [5.41, 5.74) is 1.34. The van der Waals surface area contributed by atoms with E-state index in [1.165, 1.54) is 44.9 Å². The van der Waals surface area contributed by atoms with Gasteiger partial charge in [0.2, 0.25) is 0 Å². The van der Waals surface area contributed by atoms with E-state index in [9.17, 15) is 0 Å². The van der Waals surface area contributed by atoms with Crippen LogP contribution < -0.4 is 0 Å². The van der Waals surface area contributed by atoms with E-state index in [4.69, 9.17) is 0 Å². The van der Waals surface area contributed by atoms with Gasteiger partial charge in [-0.3, -0.25) is 0 Å². The first kappa shape index (κ1) is 11.5. The summed E-state index contributed by atoms with van der Waals surface area (Å²) in [7, 11) is 0. The van der Waals surface area contributed by atoms with E-state index in [2.05, 4.69) is 27.7 Å². The molecule has 0 aromatic heterocycles. The fraction of sp³-hybridized carbons (Fsp3) is 1.00. The summed E-state index contributed by atoms with van der Waals surface area (Å²) in [6.45, 7) is 9.92. The maximum absolute atomic E-state index is 2.49. The Morgan fingerprint density at radius 2 is 1.60 bits per heavy atom. The minimum Gasteiger partial charge on any atom is -0.0625 e. The van der Waals surface area contributed by atoms with Crippen LogP contribution in [0.1, 0.15) is 72.6 Å². The fourth-order valence-electron chi connectivity index (χ4n) is 5.03. The van der Waals surface area contributed by atoms with Crippen LogP contribution in [0.3, 0.4) is 0 Å². The van der Waals surface area contributed by atoms with Crippen LogP contribution >= 0.6 is 0 Å². The van der Waals surface area contributed by atoms with Gasteiger partial charge in [0.25, 0.3) is 0 Å². The normalized spacial score (nSPS) is 45.6. The molecule has 88 valence electrons. The van der Waals surface area contributed by atoms with Crippen LogP contribution in [0.25, 0.3) is 0 Å². The molecule has 0 amide bonds. The van der Waals surface area contributed by atoms with E-state index in [1.54, 1.807) is 0 Å². The molecule has 0 radical (unpaired) electrons. The summed E-state index contributed by atoms with van der Waals surface area (Å²) in [6, 6.07) is 0. The monoisotopic (exact) mass is 208 g/mol. The zero-order valence-corrected chi connectivity index (χ0v) is 11.1. The van der Waals surface area contributed by atoms with Gasteiger partial charge in [-0.1, -0.05) is 40.5 Å². The molecule has 2 aliphatic carbocycles. The number of hydrogen-bond donors (Lipinski definition) is 0. The van der Waals surface area contributed by atoms with Gasteiger partial charge >= 0.3 is 0 Å². The third kappa shape index (κ3) is 2.57. The van der Waals surface area contributed by atoms with Crippen molar-refractivity contribution in [1.29, 1.82) is 0 Å². The molecule has 0 heterocycles. The average Bonchev–Trinajstić information content (AvgIpc) is 1.97. The Hall–Kier alpha value is 0. The highest BCUT2D eigenvalue weighted by molar-refractivity contribution is 4.95. The first-order valence-electron chi connectivity index (χ1n) is 6.91. The van der Waals surface area contributed by atoms with Gasteiger partial charge in [0.15, 0.2) is 0 Å². The lowest BCUT2D eigenvalue weighted by Gasteiger charge is -2.51. The van der Waals surface area contributed by atoms with Gasteiger partial charge in [0.1, 0.15) is 0 Å². The van der Waals surface area contributed by atoms with E-state index in [-0.39, 0.29) is 0 Å². The second-order valence-corrected chi connectivity index (χ2v) is 7.56. The maximum Gasteiger partial charge on any atom is -0.0287 e. The van der Waals surface area contributed by atoms with Gasteiger partial charge in [0, 0.05) is 0 Å². The van der Waals surface area contributed by atoms with Crippen LogP contribution in [0.2, 0.25) is 0 Å². The Morgan fingerprint density at radius 1 is 0.933 bits per heavy atom. The molecule has 2 fully saturated rings. The second kappa shape index (κ2) is 3.79. The molecule has 3 unspecified atom stereocenters. The van der Waals surface area contributed by atoms with E-state index in [0.717, 1.165) is 17.3 Å². The van der Waals surface area contributed by atoms with Crippen LogP contribution in [0.15, 0.2) is 0 Å². The summed E-state index contributed by atoms with van der Waals surface area (Å²) in [5, 5.41) is 0. The van der Waals surface area contributed by atoms with E-state index < -0.39 is 0 Å². The first-order chi connectivity index (χ1) is 6.91. The van der Waals surface area contributed by atoms with Gasteiger partial charge in [0.05, 0.1) is 0 Å². The lowest BCUT2D eigenvalue weighted by Crippen LogP contribution is -2.39. The van der Waals surface area contributed by atoms with Gasteiger partial charge in [-0.05, 0) is 54.8 Å². The van der Waals surface area contributed by atoms with Crippen molar-refractivity contribution in [3.05, 3.63) is 0 Å². The number of rotatable bonds is 0. The largest absolute Gasteiger partial charge is 0.0625 e. The van der Waals surface area contributed by atoms with Crippen molar-refractivity contribution in [2.75, 3.05) is 0 Å². The summed E-state index contributed by atoms with van der Waals surface area (Å²) in [6.07, 6.45) is 10.5. The molecule has 0 aliphatic heterocycles. The van der Waals surface area contributed by atoms with Gasteiger partial charge < -0.3 is 0 Å². The summed E-state index contributed by atoms with van der Waals surface area (Å²) < 4.78 is 0. The zero-order valence-electron chi connectivity index (χ0n) is 11.1. The Bertz CT molecular complexity index is 224. The smallest absolute Gasteiger partial charge is 0.0287 e. The van der Waals surface area contributed by atoms with E-state index in [1.807, 2.05) is 0 Å². The highest BCUT2D eigenvalue weighted by atomic mass is 14.5. The molecule has 1 spiro atoms. The molecule has 0 N–H and O–H groups in total. The third-order valence-corrected chi connectivity index (χ3v) is 4.72. The molecule has 2 rings (SSSR count). The van der Waals surface area contributed by atoms with Crippen molar-refractivity contribution < 1.29 is 0 Å². The van der Waals surface area contributed by atoms with Crippen molar-refractivity contribution in [1.82, 2.24) is 0 Å². The van der Waals surface area contributed by atoms with Crippen molar-refractivity contribution in [3.8, 4) is 0 Å². The first-order valence-corrected chi connectivity index (χ1v) is 6.91. The summed E-state index contributed by atoms with van der Waals surface area (Å²) in [5.74, 6) is 1.94. The lowest BCUT2D eigenvalue weighted by molar-refractivity contribution is 0.00234. The van der Waals surface area contributed by atoms with Gasteiger partial charge in [-0.15, -0.1) is 0 Å². The van der Waals surface area contributed by atoms with Crippen molar-refractivity contribution in [2.24, 2.45) is 22.7 Å². The standard InChI is InChI=1S/C15H28/c1-12-6-5-7-15(9-12)10-13(2)8-14(3,4)11-15/h12-13H,5-11H2,1-4H3. The predicted molar refractivity (Wildman–Crippen MR) is 66.9 cm³/mol. The minimum absolute atomic E-state index is 0.606. The van der Waals surface area contributed by atoms with Crippen LogP contribution in [-0.2, 0) is 0 Å². The maximum atomic E-state index is 2.49. The van der Waals surface area contributed by atoms with Crippen LogP contribution in [-0.4, -0.2) is 0 Å². The molecule has 0 bridgehead atoms. The SMILES string of the molecule is CC1CCCC2(C1)CC(C)CC(C)(C)C2. The highest BCUT2D eigenvalue weighted by Crippen LogP contribution is 2.56. The zero-order chi connectivity index (χ0) is 11.1. The molecule has 0 saturated heterocycles. The predicted octanol–water partition coefficient (Wildman–Crippen LogP) is 5.03. The third-order valence-electron chi connectivity index (χ3n) is 4.72. The molecule has 0 nitrogen and oxygen atoms in total. The molecule has 0 aromatic carbocycles. The van der Waals surface area contributed by atoms with Crippen LogP contribution in [0.5, 0.6) is 0 Å². The Labute approximate surface area is 95.8 Å². The van der Waals surface area contributed by atoms with E-state index in [0.29, 0.717) is 5.41 Å². The Kier molecular flexibility index (Phi) is 2.90. The minimum atomic E-state index is 0.606. The summed E-state index contributed by atoms with van der Waals surface area (Å²) in [4.78, 5) is 0. The van der Waals surface area contributed by atoms with Crippen molar-refractivity contribution >= 4 is 0 Å². The van der Waals surface area contributed by atoms with Gasteiger partial charge in [-0.25, -0.2) is 0 Å². The second-order valence-electron chi connectivity index (χ2n) is 7.56. The van der Waals surface area contributed by atoms with Crippen molar-refractivity contribution in [2.45, 2.75) is 72.6 Å². The molecule has 2 aliphatic rings. The Morgan fingerprint density at radius 3 is 2.20 bits per heavy atom. The molecular formula is C15H28. The number of hydrogen-bond acceptors (Lipinski definition) is 0.